The second-order valence-corrected chi connectivity index (χ2v) is 12.8. The summed E-state index contributed by atoms with van der Waals surface area (Å²) in [4.78, 5) is 39.7. The fourth-order valence-electron chi connectivity index (χ4n) is 6.22. The van der Waals surface area contributed by atoms with E-state index in [9.17, 15) is 23.6 Å². The summed E-state index contributed by atoms with van der Waals surface area (Å²) in [7, 11) is 0. The van der Waals surface area contributed by atoms with Crippen LogP contribution in [0.15, 0.2) is 35.8 Å². The van der Waals surface area contributed by atoms with Crippen LogP contribution in [0.4, 0.5) is 18.9 Å². The highest BCUT2D eigenvalue weighted by molar-refractivity contribution is 6.38. The molecule has 2 atom stereocenters. The number of nitrogens with zero attached hydrogens (tertiary/aromatic N) is 6. The van der Waals surface area contributed by atoms with Crippen LogP contribution in [-0.4, -0.2) is 50.5 Å². The van der Waals surface area contributed by atoms with E-state index in [2.05, 4.69) is 22.6 Å². The molecule has 4 heterocycles. The van der Waals surface area contributed by atoms with Gasteiger partial charge in [-0.05, 0) is 50.5 Å². The van der Waals surface area contributed by atoms with Crippen LogP contribution < -0.4 is 10.5 Å². The van der Waals surface area contributed by atoms with Gasteiger partial charge in [0.15, 0.2) is 17.5 Å². The third-order valence-electron chi connectivity index (χ3n) is 8.22. The fraction of sp³-hybridized carbons (Fsp3) is 0.303. The fourth-order valence-corrected chi connectivity index (χ4v) is 6.90. The highest BCUT2D eigenvalue weighted by Crippen LogP contribution is 2.43. The topological polar surface area (TPSA) is 95.1 Å². The second kappa shape index (κ2) is 12.8. The van der Waals surface area contributed by atoms with E-state index in [0.29, 0.717) is 16.9 Å². The molecule has 0 saturated carbocycles. The van der Waals surface area contributed by atoms with Crippen molar-refractivity contribution < 1.29 is 18.0 Å². The Morgan fingerprint density at radius 2 is 1.70 bits per heavy atom. The molecule has 1 fully saturated rings. The maximum atomic E-state index is 15.5. The maximum absolute atomic E-state index is 15.5. The van der Waals surface area contributed by atoms with E-state index in [1.54, 1.807) is 29.0 Å². The summed E-state index contributed by atoms with van der Waals surface area (Å²) >= 11 is 18.6. The maximum Gasteiger partial charge on any atom is 0.276 e. The molecule has 1 aliphatic heterocycles. The first-order valence-electron chi connectivity index (χ1n) is 14.5. The van der Waals surface area contributed by atoms with Crippen molar-refractivity contribution in [3.63, 3.8) is 0 Å². The second-order valence-electron chi connectivity index (χ2n) is 11.7. The molecule has 8 nitrogen and oxygen atoms in total. The van der Waals surface area contributed by atoms with Crippen LogP contribution in [0.5, 0.6) is 0 Å². The zero-order valence-corrected chi connectivity index (χ0v) is 28.2. The molecule has 14 heteroatoms. The van der Waals surface area contributed by atoms with Crippen LogP contribution in [-0.2, 0) is 4.79 Å². The van der Waals surface area contributed by atoms with Gasteiger partial charge in [0.25, 0.3) is 5.56 Å². The number of carbonyl (C=O) groups excluding carboxylic acids is 1. The molecule has 244 valence electrons. The lowest BCUT2D eigenvalue weighted by atomic mass is 10.0. The SMILES string of the molecule is C=CC(=O)N1[C@H](C)CN(c2c(C#N)c(=O)n(-c3c(C)ccnc3C(C)C)c3nc(-c4c(F)c(Cl)c(F)c(F)c4Cl)c(Cl)cc23)C[C@@H]1C. The normalized spacial score (nSPS) is 16.6. The van der Waals surface area contributed by atoms with Gasteiger partial charge in [-0.2, -0.15) is 5.26 Å². The lowest BCUT2D eigenvalue weighted by Gasteiger charge is -2.45. The molecular formula is C33H28Cl3F3N6O2. The molecule has 4 aromatic rings. The zero-order chi connectivity index (χ0) is 34.6. The number of anilines is 1. The zero-order valence-electron chi connectivity index (χ0n) is 25.9. The first-order valence-corrected chi connectivity index (χ1v) is 15.7. The Labute approximate surface area is 283 Å². The molecular weight excluding hydrogens is 676 g/mol. The Balaban J connectivity index is 1.95. The van der Waals surface area contributed by atoms with Gasteiger partial charge >= 0.3 is 0 Å². The Hall–Kier alpha value is -4.11. The quantitative estimate of drug-likeness (QED) is 0.120. The molecule has 0 radical (unpaired) electrons. The highest BCUT2D eigenvalue weighted by Gasteiger charge is 2.36. The number of hydrogen-bond acceptors (Lipinski definition) is 6. The third-order valence-corrected chi connectivity index (χ3v) is 9.20. The third kappa shape index (κ3) is 5.52. The van der Waals surface area contributed by atoms with Crippen LogP contribution in [0.1, 0.15) is 50.4 Å². The van der Waals surface area contributed by atoms with E-state index in [4.69, 9.17) is 34.8 Å². The van der Waals surface area contributed by atoms with E-state index >= 15 is 4.39 Å². The summed E-state index contributed by atoms with van der Waals surface area (Å²) in [5, 5.41) is 8.36. The minimum Gasteiger partial charge on any atom is -0.366 e. The summed E-state index contributed by atoms with van der Waals surface area (Å²) in [6.45, 7) is 13.2. The molecule has 1 aliphatic rings. The van der Waals surface area contributed by atoms with E-state index in [1.807, 2.05) is 27.7 Å². The highest BCUT2D eigenvalue weighted by atomic mass is 35.5. The van der Waals surface area contributed by atoms with Crippen molar-refractivity contribution in [3.05, 3.63) is 90.7 Å². The first kappa shape index (κ1) is 34.2. The van der Waals surface area contributed by atoms with Crippen LogP contribution >= 0.6 is 34.8 Å². The van der Waals surface area contributed by atoms with Crippen LogP contribution in [0.2, 0.25) is 15.1 Å². The number of hydrogen-bond donors (Lipinski definition) is 0. The van der Waals surface area contributed by atoms with E-state index in [-0.39, 0.29) is 64.3 Å². The number of piperazine rings is 1. The van der Waals surface area contributed by atoms with E-state index < -0.39 is 44.3 Å². The molecule has 1 aromatic carbocycles. The molecule has 1 saturated heterocycles. The first-order chi connectivity index (χ1) is 22.2. The molecule has 0 bridgehead atoms. The molecule has 0 N–H and O–H groups in total. The van der Waals surface area contributed by atoms with E-state index in [1.165, 1.54) is 16.7 Å². The molecule has 3 aromatic heterocycles. The van der Waals surface area contributed by atoms with Gasteiger partial charge in [0.2, 0.25) is 5.91 Å². The van der Waals surface area contributed by atoms with Crippen molar-refractivity contribution in [1.29, 1.82) is 5.26 Å². The van der Waals surface area contributed by atoms with Crippen molar-refractivity contribution in [1.82, 2.24) is 19.4 Å². The number of benzene rings is 1. The summed E-state index contributed by atoms with van der Waals surface area (Å²) < 4.78 is 45.8. The molecule has 0 aliphatic carbocycles. The van der Waals surface area contributed by atoms with Gasteiger partial charge in [0, 0.05) is 36.8 Å². The molecule has 0 spiro atoms. The van der Waals surface area contributed by atoms with Crippen molar-refractivity contribution in [2.75, 3.05) is 18.0 Å². The summed E-state index contributed by atoms with van der Waals surface area (Å²) in [5.74, 6) is -5.16. The summed E-state index contributed by atoms with van der Waals surface area (Å²) in [6, 6.07) is 4.39. The largest absolute Gasteiger partial charge is 0.366 e. The van der Waals surface area contributed by atoms with Crippen LogP contribution in [0, 0.1) is 35.7 Å². The Kier molecular flexibility index (Phi) is 9.34. The van der Waals surface area contributed by atoms with Crippen molar-refractivity contribution in [2.24, 2.45) is 0 Å². The van der Waals surface area contributed by atoms with Crippen molar-refractivity contribution in [2.45, 2.75) is 52.6 Å². The number of rotatable bonds is 5. The molecule has 47 heavy (non-hydrogen) atoms. The smallest absolute Gasteiger partial charge is 0.276 e. The predicted molar refractivity (Wildman–Crippen MR) is 177 cm³/mol. The summed E-state index contributed by atoms with van der Waals surface area (Å²) in [5.41, 5.74) is -0.556. The number of nitriles is 1. The molecule has 0 unspecified atom stereocenters. The van der Waals surface area contributed by atoms with E-state index in [0.717, 1.165) is 0 Å². The lowest BCUT2D eigenvalue weighted by molar-refractivity contribution is -0.130. The number of carbonyl (C=O) groups is 1. The number of amides is 1. The standard InChI is InChI=1S/C33H28Cl3F3N6O2/c1-7-21(46)44-16(5)12-43(13-17(44)6)31-18-10-20(34)29(22-23(35)26(38)27(39)24(36)25(22)37)42-32(18)45(33(47)19(31)11-40)30-15(4)8-9-41-28(30)14(2)3/h7-10,14,16-17H,1,12-13H2,2-6H3/t16-,17+. The molecule has 5 rings (SSSR count). The summed E-state index contributed by atoms with van der Waals surface area (Å²) in [6.07, 6.45) is 2.81. The Morgan fingerprint density at radius 1 is 1.09 bits per heavy atom. The minimum absolute atomic E-state index is 0.0809. The monoisotopic (exact) mass is 702 g/mol. The van der Waals surface area contributed by atoms with Crippen molar-refractivity contribution >= 4 is 57.4 Å². The minimum atomic E-state index is -1.68. The number of aromatic nitrogens is 3. The average molecular weight is 704 g/mol. The number of fused-ring (bicyclic) bond motifs is 1. The van der Waals surface area contributed by atoms with Crippen LogP contribution in [0.25, 0.3) is 28.0 Å². The van der Waals surface area contributed by atoms with Gasteiger partial charge in [0.1, 0.15) is 22.3 Å². The van der Waals surface area contributed by atoms with Gasteiger partial charge < -0.3 is 9.80 Å². The number of halogens is 6. The number of pyridine rings is 3. The van der Waals surface area contributed by atoms with Gasteiger partial charge in [-0.25, -0.2) is 18.2 Å². The van der Waals surface area contributed by atoms with Gasteiger partial charge in [-0.1, -0.05) is 55.2 Å². The Bertz CT molecular complexity index is 2050. The predicted octanol–water partition coefficient (Wildman–Crippen LogP) is 7.74. The average Bonchev–Trinajstić information content (AvgIpc) is 3.02. The lowest BCUT2D eigenvalue weighted by Crippen LogP contribution is -2.58. The van der Waals surface area contributed by atoms with Gasteiger partial charge in [-0.15, -0.1) is 0 Å². The van der Waals surface area contributed by atoms with Gasteiger partial charge in [-0.3, -0.25) is 19.1 Å². The number of aryl methyl sites for hydroxylation is 1. The Morgan fingerprint density at radius 3 is 2.28 bits per heavy atom. The molecule has 1 amide bonds. The van der Waals surface area contributed by atoms with Crippen LogP contribution in [0.3, 0.4) is 0 Å². The van der Waals surface area contributed by atoms with Crippen molar-refractivity contribution in [3.8, 4) is 23.0 Å². The van der Waals surface area contributed by atoms with Gasteiger partial charge in [0.05, 0.1) is 38.4 Å².